The Morgan fingerprint density at radius 1 is 1.00 bits per heavy atom. The van der Waals surface area contributed by atoms with Gasteiger partial charge in [0.2, 0.25) is 10.0 Å². The second kappa shape index (κ2) is 9.36. The number of sulfonamides is 1. The van der Waals surface area contributed by atoms with E-state index in [-0.39, 0.29) is 16.8 Å². The van der Waals surface area contributed by atoms with Crippen LogP contribution in [0.2, 0.25) is 0 Å². The van der Waals surface area contributed by atoms with E-state index in [4.69, 9.17) is 0 Å². The number of rotatable bonds is 6. The maximum atomic E-state index is 13.3. The molecule has 2 aromatic rings. The normalized spacial score (nSPS) is 18.7. The Kier molecular flexibility index (Phi) is 6.57. The molecule has 2 fully saturated rings. The van der Waals surface area contributed by atoms with Gasteiger partial charge in [-0.2, -0.15) is 4.31 Å². The summed E-state index contributed by atoms with van der Waals surface area (Å²) in [5, 5.41) is 3.00. The molecule has 31 heavy (non-hydrogen) atoms. The number of benzene rings is 1. The van der Waals surface area contributed by atoms with Crippen LogP contribution in [0.15, 0.2) is 47.5 Å². The van der Waals surface area contributed by atoms with E-state index in [2.05, 4.69) is 15.2 Å². The minimum absolute atomic E-state index is 0.188. The lowest BCUT2D eigenvalue weighted by Crippen LogP contribution is -2.36. The minimum atomic E-state index is -3.62. The smallest absolute Gasteiger partial charge is 0.253 e. The monoisotopic (exact) mass is 442 g/mol. The molecule has 0 bridgehead atoms. The van der Waals surface area contributed by atoms with E-state index in [1.807, 2.05) is 25.1 Å². The summed E-state index contributed by atoms with van der Waals surface area (Å²) in [4.78, 5) is 20.0. The van der Waals surface area contributed by atoms with Gasteiger partial charge in [-0.3, -0.25) is 9.78 Å². The van der Waals surface area contributed by atoms with Crippen LogP contribution in [0.1, 0.15) is 61.1 Å². The molecule has 166 valence electrons. The van der Waals surface area contributed by atoms with Crippen molar-refractivity contribution in [1.82, 2.24) is 14.6 Å². The Morgan fingerprint density at radius 3 is 2.39 bits per heavy atom. The largest absolute Gasteiger partial charge is 0.371 e. The van der Waals surface area contributed by atoms with Crippen molar-refractivity contribution < 1.29 is 13.2 Å². The number of amides is 1. The quantitative estimate of drug-likeness (QED) is 0.742. The molecule has 1 atom stereocenters. The molecule has 1 aromatic heterocycles. The minimum Gasteiger partial charge on any atom is -0.371 e. The Balaban J connectivity index is 1.66. The Labute approximate surface area is 184 Å². The summed E-state index contributed by atoms with van der Waals surface area (Å²) in [6.45, 7) is 4.69. The number of aromatic nitrogens is 1. The number of pyridine rings is 1. The van der Waals surface area contributed by atoms with Crippen molar-refractivity contribution in [2.45, 2.75) is 50.0 Å². The first-order valence-electron chi connectivity index (χ1n) is 11.1. The number of nitrogens with zero attached hydrogens (tertiary/aromatic N) is 3. The van der Waals surface area contributed by atoms with Crippen molar-refractivity contribution in [3.63, 3.8) is 0 Å². The fourth-order valence-corrected chi connectivity index (χ4v) is 5.87. The van der Waals surface area contributed by atoms with Crippen molar-refractivity contribution in [2.75, 3.05) is 31.1 Å². The van der Waals surface area contributed by atoms with E-state index in [1.54, 1.807) is 28.7 Å². The Bertz CT molecular complexity index is 1010. The molecule has 4 rings (SSSR count). The summed E-state index contributed by atoms with van der Waals surface area (Å²) >= 11 is 0. The molecule has 1 amide bonds. The maximum Gasteiger partial charge on any atom is 0.253 e. The second-order valence-corrected chi connectivity index (χ2v) is 10.2. The topological polar surface area (TPSA) is 82.6 Å². The molecule has 1 unspecified atom stereocenters. The van der Waals surface area contributed by atoms with Crippen LogP contribution >= 0.6 is 0 Å². The Morgan fingerprint density at radius 2 is 1.71 bits per heavy atom. The molecular weight excluding hydrogens is 412 g/mol. The van der Waals surface area contributed by atoms with Crippen LogP contribution in [-0.4, -0.2) is 49.8 Å². The summed E-state index contributed by atoms with van der Waals surface area (Å²) in [5.41, 5.74) is 1.96. The van der Waals surface area contributed by atoms with E-state index in [1.165, 1.54) is 0 Å². The molecule has 0 radical (unpaired) electrons. The summed E-state index contributed by atoms with van der Waals surface area (Å²) in [5.74, 6) is -0.282. The van der Waals surface area contributed by atoms with Gasteiger partial charge in [-0.25, -0.2) is 8.42 Å². The SMILES string of the molecule is CC(NC(=O)c1cc(S(=O)(=O)N2CCCCC2)ccc1N1CCCC1)c1ccccn1. The lowest BCUT2D eigenvalue weighted by atomic mass is 10.1. The van der Waals surface area contributed by atoms with Crippen LogP contribution < -0.4 is 10.2 Å². The van der Waals surface area contributed by atoms with Crippen LogP contribution in [0.3, 0.4) is 0 Å². The van der Waals surface area contributed by atoms with Crippen LogP contribution in [0.5, 0.6) is 0 Å². The molecule has 2 aliphatic rings. The van der Waals surface area contributed by atoms with Crippen LogP contribution in [-0.2, 0) is 10.0 Å². The first kappa shape index (κ1) is 21.8. The van der Waals surface area contributed by atoms with Gasteiger partial charge < -0.3 is 10.2 Å². The van der Waals surface area contributed by atoms with E-state index in [9.17, 15) is 13.2 Å². The molecule has 0 spiro atoms. The van der Waals surface area contributed by atoms with Crippen LogP contribution in [0.4, 0.5) is 5.69 Å². The van der Waals surface area contributed by atoms with E-state index < -0.39 is 10.0 Å². The van der Waals surface area contributed by atoms with Gasteiger partial charge in [-0.15, -0.1) is 0 Å². The fraction of sp³-hybridized carbons (Fsp3) is 0.478. The van der Waals surface area contributed by atoms with Crippen molar-refractivity contribution in [3.05, 3.63) is 53.9 Å². The molecule has 3 heterocycles. The summed E-state index contributed by atoms with van der Waals surface area (Å²) in [6, 6.07) is 10.3. The van der Waals surface area contributed by atoms with Gasteiger partial charge in [-0.1, -0.05) is 12.5 Å². The van der Waals surface area contributed by atoms with E-state index >= 15 is 0 Å². The third-order valence-electron chi connectivity index (χ3n) is 6.09. The number of carbonyl (C=O) groups excluding carboxylic acids is 1. The van der Waals surface area contributed by atoms with Crippen LogP contribution in [0.25, 0.3) is 0 Å². The van der Waals surface area contributed by atoms with E-state index in [0.29, 0.717) is 18.7 Å². The van der Waals surface area contributed by atoms with Crippen molar-refractivity contribution in [1.29, 1.82) is 0 Å². The van der Waals surface area contributed by atoms with Gasteiger partial charge in [0.25, 0.3) is 5.91 Å². The van der Waals surface area contributed by atoms with Crippen molar-refractivity contribution >= 4 is 21.6 Å². The molecule has 8 heteroatoms. The van der Waals surface area contributed by atoms with Gasteiger partial charge in [0.05, 0.1) is 22.2 Å². The summed E-state index contributed by atoms with van der Waals surface area (Å²) in [7, 11) is -3.62. The first-order chi connectivity index (χ1) is 15.0. The number of hydrogen-bond donors (Lipinski definition) is 1. The summed E-state index contributed by atoms with van der Waals surface area (Å²) in [6.07, 6.45) is 6.64. The lowest BCUT2D eigenvalue weighted by molar-refractivity contribution is 0.0939. The highest BCUT2D eigenvalue weighted by molar-refractivity contribution is 7.89. The highest BCUT2D eigenvalue weighted by Gasteiger charge is 2.29. The van der Waals surface area contributed by atoms with Gasteiger partial charge in [-0.05, 0) is 62.9 Å². The van der Waals surface area contributed by atoms with Gasteiger partial charge in [0.1, 0.15) is 0 Å². The number of nitrogens with one attached hydrogen (secondary N) is 1. The molecule has 7 nitrogen and oxygen atoms in total. The molecular formula is C23H30N4O3S. The summed E-state index contributed by atoms with van der Waals surface area (Å²) < 4.78 is 28.0. The molecule has 2 aliphatic heterocycles. The molecule has 0 aliphatic carbocycles. The first-order valence-corrected chi connectivity index (χ1v) is 12.5. The predicted molar refractivity (Wildman–Crippen MR) is 121 cm³/mol. The number of carbonyl (C=O) groups is 1. The molecule has 1 N–H and O–H groups in total. The Hall–Kier alpha value is -2.45. The molecule has 0 saturated carbocycles. The molecule has 1 aromatic carbocycles. The fourth-order valence-electron chi connectivity index (χ4n) is 4.33. The average molecular weight is 443 g/mol. The van der Waals surface area contributed by atoms with Gasteiger partial charge >= 0.3 is 0 Å². The van der Waals surface area contributed by atoms with Crippen LogP contribution in [0, 0.1) is 0 Å². The predicted octanol–water partition coefficient (Wildman–Crippen LogP) is 3.35. The zero-order valence-corrected chi connectivity index (χ0v) is 18.8. The average Bonchev–Trinajstić information content (AvgIpc) is 3.34. The number of anilines is 1. The molecule has 2 saturated heterocycles. The third kappa shape index (κ3) is 4.75. The third-order valence-corrected chi connectivity index (χ3v) is 7.99. The zero-order chi connectivity index (χ0) is 21.8. The van der Waals surface area contributed by atoms with Gasteiger partial charge in [0.15, 0.2) is 0 Å². The highest BCUT2D eigenvalue weighted by Crippen LogP contribution is 2.30. The zero-order valence-electron chi connectivity index (χ0n) is 18.0. The van der Waals surface area contributed by atoms with Crippen molar-refractivity contribution in [2.24, 2.45) is 0 Å². The van der Waals surface area contributed by atoms with E-state index in [0.717, 1.165) is 56.6 Å². The van der Waals surface area contributed by atoms with Crippen molar-refractivity contribution in [3.8, 4) is 0 Å². The second-order valence-electron chi connectivity index (χ2n) is 8.29. The highest BCUT2D eigenvalue weighted by atomic mass is 32.2. The maximum absolute atomic E-state index is 13.3. The number of hydrogen-bond acceptors (Lipinski definition) is 5. The van der Waals surface area contributed by atoms with Gasteiger partial charge in [0, 0.05) is 38.1 Å². The standard InChI is InChI=1S/C23H30N4O3S/c1-18(21-9-3-4-12-24-21)25-23(28)20-17-19(10-11-22(20)26-13-7-8-14-26)31(29,30)27-15-5-2-6-16-27/h3-4,9-12,17-18H,2,5-8,13-16H2,1H3,(H,25,28). The number of piperidine rings is 1. The lowest BCUT2D eigenvalue weighted by Gasteiger charge is -2.27.